The molecule has 1 aromatic rings. The molecule has 0 N–H and O–H groups in total. The number of nitrogens with zero attached hydrogens (tertiary/aromatic N) is 2. The highest BCUT2D eigenvalue weighted by atomic mass is 79.9. The Morgan fingerprint density at radius 3 is 3.06 bits per heavy atom. The van der Waals surface area contributed by atoms with E-state index in [4.69, 9.17) is 11.6 Å². The number of ketones is 1. The number of halogens is 2. The predicted molar refractivity (Wildman–Crippen MR) is 72.6 cm³/mol. The van der Waals surface area contributed by atoms with Crippen molar-refractivity contribution in [2.45, 2.75) is 19.8 Å². The van der Waals surface area contributed by atoms with Gasteiger partial charge in [0.25, 0.3) is 0 Å². The summed E-state index contributed by atoms with van der Waals surface area (Å²) < 4.78 is 0.884. The number of rotatable bonds is 2. The van der Waals surface area contributed by atoms with Gasteiger partial charge in [0, 0.05) is 25.2 Å². The summed E-state index contributed by atoms with van der Waals surface area (Å²) in [7, 11) is 0. The van der Waals surface area contributed by atoms with E-state index in [0.29, 0.717) is 5.02 Å². The SMILES string of the molecule is CC(=O)C1CCCN(c2ncc(Cl)cc2Br)C1. The summed E-state index contributed by atoms with van der Waals surface area (Å²) >= 11 is 9.34. The third-order valence-electron chi connectivity index (χ3n) is 3.08. The normalized spacial score (nSPS) is 20.4. The first-order valence-corrected chi connectivity index (χ1v) is 6.81. The maximum Gasteiger partial charge on any atom is 0.142 e. The van der Waals surface area contributed by atoms with Gasteiger partial charge in [0.05, 0.1) is 9.50 Å². The van der Waals surface area contributed by atoms with Gasteiger partial charge >= 0.3 is 0 Å². The third-order valence-corrected chi connectivity index (χ3v) is 3.87. The molecular weight excluding hydrogens is 304 g/mol. The van der Waals surface area contributed by atoms with Gasteiger partial charge in [0.1, 0.15) is 11.6 Å². The first-order valence-electron chi connectivity index (χ1n) is 5.64. The molecule has 5 heteroatoms. The van der Waals surface area contributed by atoms with Gasteiger partial charge in [0.15, 0.2) is 0 Å². The summed E-state index contributed by atoms with van der Waals surface area (Å²) in [6.07, 6.45) is 3.65. The molecule has 3 nitrogen and oxygen atoms in total. The van der Waals surface area contributed by atoms with Gasteiger partial charge in [-0.05, 0) is 41.8 Å². The molecule has 1 saturated heterocycles. The Hall–Kier alpha value is -0.610. The van der Waals surface area contributed by atoms with Crippen LogP contribution in [0, 0.1) is 5.92 Å². The number of carbonyl (C=O) groups is 1. The summed E-state index contributed by atoms with van der Waals surface area (Å²) in [4.78, 5) is 17.9. The van der Waals surface area contributed by atoms with Crippen LogP contribution in [-0.4, -0.2) is 23.9 Å². The molecule has 0 saturated carbocycles. The van der Waals surface area contributed by atoms with Gasteiger partial charge in [-0.15, -0.1) is 0 Å². The summed E-state index contributed by atoms with van der Waals surface area (Å²) in [5, 5.41) is 0.612. The van der Waals surface area contributed by atoms with E-state index in [1.54, 1.807) is 13.1 Å². The van der Waals surface area contributed by atoms with Gasteiger partial charge in [-0.25, -0.2) is 4.98 Å². The largest absolute Gasteiger partial charge is 0.355 e. The van der Waals surface area contributed by atoms with Gasteiger partial charge in [-0.2, -0.15) is 0 Å². The number of Topliss-reactive ketones (excluding diaryl/α,β-unsaturated/α-hetero) is 1. The van der Waals surface area contributed by atoms with Crippen LogP contribution >= 0.6 is 27.5 Å². The van der Waals surface area contributed by atoms with Gasteiger partial charge in [-0.3, -0.25) is 4.79 Å². The Morgan fingerprint density at radius 1 is 1.65 bits per heavy atom. The predicted octanol–water partition coefficient (Wildman–Crippen LogP) is 3.30. The minimum absolute atomic E-state index is 0.133. The number of carbonyl (C=O) groups excluding carboxylic acids is 1. The summed E-state index contributed by atoms with van der Waals surface area (Å²) in [6.45, 7) is 3.36. The van der Waals surface area contributed by atoms with Crippen molar-refractivity contribution < 1.29 is 4.79 Å². The molecule has 17 heavy (non-hydrogen) atoms. The fraction of sp³-hybridized carbons (Fsp3) is 0.500. The lowest BCUT2D eigenvalue weighted by Crippen LogP contribution is -2.38. The maximum absolute atomic E-state index is 11.4. The fourth-order valence-electron chi connectivity index (χ4n) is 2.14. The number of hydrogen-bond donors (Lipinski definition) is 0. The second kappa shape index (κ2) is 5.36. The molecular formula is C12H14BrClN2O. The van der Waals surface area contributed by atoms with E-state index in [1.807, 2.05) is 6.07 Å². The van der Waals surface area contributed by atoms with Crippen molar-refractivity contribution in [2.75, 3.05) is 18.0 Å². The molecule has 0 aliphatic carbocycles. The quantitative estimate of drug-likeness (QED) is 0.839. The molecule has 1 atom stereocenters. The van der Waals surface area contributed by atoms with Crippen LogP contribution in [0.3, 0.4) is 0 Å². The first kappa shape index (κ1) is 12.8. The monoisotopic (exact) mass is 316 g/mol. The number of hydrogen-bond acceptors (Lipinski definition) is 3. The Kier molecular flexibility index (Phi) is 4.05. The van der Waals surface area contributed by atoms with E-state index in [2.05, 4.69) is 25.8 Å². The molecule has 0 aromatic carbocycles. The van der Waals surface area contributed by atoms with E-state index in [1.165, 1.54) is 0 Å². The summed E-state index contributed by atoms with van der Waals surface area (Å²) in [5.74, 6) is 1.27. The standard InChI is InChI=1S/C12H14BrClN2O/c1-8(17)9-3-2-4-16(7-9)12-11(13)5-10(14)6-15-12/h5-6,9H,2-4,7H2,1H3. The third kappa shape index (κ3) is 2.99. The van der Waals surface area contributed by atoms with Crippen LogP contribution in [0.2, 0.25) is 5.02 Å². The number of anilines is 1. The Balaban J connectivity index is 2.19. The summed E-state index contributed by atoms with van der Waals surface area (Å²) in [5.41, 5.74) is 0. The van der Waals surface area contributed by atoms with E-state index in [9.17, 15) is 4.79 Å². The Bertz CT molecular complexity index is 439. The van der Waals surface area contributed by atoms with Gasteiger partial charge < -0.3 is 4.90 Å². The van der Waals surface area contributed by atoms with E-state index >= 15 is 0 Å². The lowest BCUT2D eigenvalue weighted by molar-refractivity contribution is -0.120. The van der Waals surface area contributed by atoms with Crippen LogP contribution in [0.4, 0.5) is 5.82 Å². The van der Waals surface area contributed by atoms with E-state index < -0.39 is 0 Å². The molecule has 0 bridgehead atoms. The van der Waals surface area contributed by atoms with Crippen molar-refractivity contribution in [3.05, 3.63) is 21.8 Å². The number of piperidine rings is 1. The highest BCUT2D eigenvalue weighted by Crippen LogP contribution is 2.30. The fourth-order valence-corrected chi connectivity index (χ4v) is 3.03. The first-order chi connectivity index (χ1) is 8.08. The summed E-state index contributed by atoms with van der Waals surface area (Å²) in [6, 6.07) is 1.83. The topological polar surface area (TPSA) is 33.2 Å². The van der Waals surface area contributed by atoms with Crippen molar-refractivity contribution in [1.29, 1.82) is 0 Å². The van der Waals surface area contributed by atoms with E-state index in [0.717, 1.165) is 36.2 Å². The number of pyridine rings is 1. The molecule has 0 radical (unpaired) electrons. The minimum Gasteiger partial charge on any atom is -0.355 e. The molecule has 0 spiro atoms. The van der Waals surface area contributed by atoms with Crippen LogP contribution in [0.15, 0.2) is 16.7 Å². The average Bonchev–Trinajstić information content (AvgIpc) is 2.29. The lowest BCUT2D eigenvalue weighted by atomic mass is 9.95. The highest BCUT2D eigenvalue weighted by Gasteiger charge is 2.25. The van der Waals surface area contributed by atoms with Crippen LogP contribution < -0.4 is 4.90 Å². The molecule has 0 amide bonds. The van der Waals surface area contributed by atoms with Crippen LogP contribution in [-0.2, 0) is 4.79 Å². The molecule has 1 aliphatic rings. The molecule has 92 valence electrons. The maximum atomic E-state index is 11.4. The molecule has 2 rings (SSSR count). The molecule has 1 fully saturated rings. The average molecular weight is 318 g/mol. The molecule has 1 aromatic heterocycles. The van der Waals surface area contributed by atoms with Crippen LogP contribution in [0.5, 0.6) is 0 Å². The highest BCUT2D eigenvalue weighted by molar-refractivity contribution is 9.10. The van der Waals surface area contributed by atoms with Gasteiger partial charge in [-0.1, -0.05) is 11.6 Å². The smallest absolute Gasteiger partial charge is 0.142 e. The second-order valence-electron chi connectivity index (χ2n) is 4.35. The van der Waals surface area contributed by atoms with Gasteiger partial charge in [0.2, 0.25) is 0 Å². The molecule has 2 heterocycles. The minimum atomic E-state index is 0.133. The zero-order valence-corrected chi connectivity index (χ0v) is 12.0. The number of aromatic nitrogens is 1. The molecule has 1 aliphatic heterocycles. The van der Waals surface area contributed by atoms with Crippen molar-refractivity contribution >= 4 is 39.1 Å². The molecule has 1 unspecified atom stereocenters. The lowest BCUT2D eigenvalue weighted by Gasteiger charge is -2.32. The Labute approximate surface area is 114 Å². The zero-order chi connectivity index (χ0) is 12.4. The van der Waals surface area contributed by atoms with Crippen LogP contribution in [0.1, 0.15) is 19.8 Å². The van der Waals surface area contributed by atoms with Crippen molar-refractivity contribution in [1.82, 2.24) is 4.98 Å². The van der Waals surface area contributed by atoms with Crippen molar-refractivity contribution in [3.63, 3.8) is 0 Å². The Morgan fingerprint density at radius 2 is 2.41 bits per heavy atom. The zero-order valence-electron chi connectivity index (χ0n) is 9.62. The van der Waals surface area contributed by atoms with E-state index in [-0.39, 0.29) is 11.7 Å². The van der Waals surface area contributed by atoms with Crippen molar-refractivity contribution in [2.24, 2.45) is 5.92 Å². The van der Waals surface area contributed by atoms with Crippen LogP contribution in [0.25, 0.3) is 0 Å². The second-order valence-corrected chi connectivity index (χ2v) is 5.65. The van der Waals surface area contributed by atoms with Crippen molar-refractivity contribution in [3.8, 4) is 0 Å².